The van der Waals surface area contributed by atoms with Crippen LogP contribution in [-0.4, -0.2) is 37.1 Å². The molecule has 2 N–H and O–H groups in total. The van der Waals surface area contributed by atoms with Crippen LogP contribution in [0.1, 0.15) is 13.8 Å². The van der Waals surface area contributed by atoms with Crippen LogP contribution in [-0.2, 0) is 0 Å². The summed E-state index contributed by atoms with van der Waals surface area (Å²) in [6.07, 6.45) is 1.59. The van der Waals surface area contributed by atoms with Crippen molar-refractivity contribution >= 4 is 5.69 Å². The second-order valence-corrected chi connectivity index (χ2v) is 3.08. The normalized spacial score (nSPS) is 9.40. The van der Waals surface area contributed by atoms with E-state index in [4.69, 9.17) is 10.5 Å². The van der Waals surface area contributed by atoms with Gasteiger partial charge in [0.1, 0.15) is 6.61 Å². The lowest BCUT2D eigenvalue weighted by atomic mass is 10.4. The summed E-state index contributed by atoms with van der Waals surface area (Å²) in [5.41, 5.74) is 6.13. The van der Waals surface area contributed by atoms with E-state index in [9.17, 15) is 0 Å². The first kappa shape index (κ1) is 13.7. The van der Waals surface area contributed by atoms with Crippen LogP contribution in [0.15, 0.2) is 18.3 Å². The fourth-order valence-corrected chi connectivity index (χ4v) is 0.810. The van der Waals surface area contributed by atoms with Crippen LogP contribution in [0.5, 0.6) is 5.88 Å². The Balaban J connectivity index is 0.000000921. The van der Waals surface area contributed by atoms with Gasteiger partial charge in [0.2, 0.25) is 5.88 Å². The Labute approximate surface area is 92.1 Å². The number of pyridine rings is 1. The molecule has 0 aliphatic heterocycles. The molecule has 1 aromatic heterocycles. The van der Waals surface area contributed by atoms with Crippen molar-refractivity contribution in [2.24, 2.45) is 0 Å². The second kappa shape index (κ2) is 8.05. The number of likely N-dealkylation sites (N-methyl/N-ethyl adjacent to an activating group) is 1. The van der Waals surface area contributed by atoms with Gasteiger partial charge in [0, 0.05) is 12.6 Å². The maximum atomic E-state index is 5.48. The minimum atomic E-state index is 0.621. The van der Waals surface area contributed by atoms with E-state index in [0.717, 1.165) is 6.54 Å². The van der Waals surface area contributed by atoms with Gasteiger partial charge in [-0.2, -0.15) is 0 Å². The van der Waals surface area contributed by atoms with Gasteiger partial charge in [0.15, 0.2) is 0 Å². The van der Waals surface area contributed by atoms with E-state index in [1.165, 1.54) is 0 Å². The Morgan fingerprint density at radius 1 is 1.33 bits per heavy atom. The van der Waals surface area contributed by atoms with Crippen molar-refractivity contribution in [2.75, 3.05) is 33.0 Å². The SMILES string of the molecule is CC.CN(C)CCOc1ccc(N)cn1. The monoisotopic (exact) mass is 211 g/mol. The highest BCUT2D eigenvalue weighted by molar-refractivity contribution is 5.35. The summed E-state index contributed by atoms with van der Waals surface area (Å²) < 4.78 is 5.36. The fraction of sp³-hybridized carbons (Fsp3) is 0.545. The molecular formula is C11H21N3O. The minimum Gasteiger partial charge on any atom is -0.476 e. The van der Waals surface area contributed by atoms with Crippen molar-refractivity contribution in [3.8, 4) is 5.88 Å². The summed E-state index contributed by atoms with van der Waals surface area (Å²) in [5, 5.41) is 0. The van der Waals surface area contributed by atoms with Crippen LogP contribution in [0.3, 0.4) is 0 Å². The van der Waals surface area contributed by atoms with Crippen LogP contribution in [0.4, 0.5) is 5.69 Å². The molecule has 0 bridgehead atoms. The molecular weight excluding hydrogens is 190 g/mol. The topological polar surface area (TPSA) is 51.4 Å². The lowest BCUT2D eigenvalue weighted by Crippen LogP contribution is -2.19. The number of ether oxygens (including phenoxy) is 1. The lowest BCUT2D eigenvalue weighted by molar-refractivity contribution is 0.254. The van der Waals surface area contributed by atoms with Crippen molar-refractivity contribution in [3.05, 3.63) is 18.3 Å². The second-order valence-electron chi connectivity index (χ2n) is 3.08. The highest BCUT2D eigenvalue weighted by atomic mass is 16.5. The molecule has 1 rings (SSSR count). The molecule has 0 aromatic carbocycles. The maximum Gasteiger partial charge on any atom is 0.213 e. The fourth-order valence-electron chi connectivity index (χ4n) is 0.810. The Kier molecular flexibility index (Phi) is 7.36. The molecule has 1 heterocycles. The minimum absolute atomic E-state index is 0.621. The van der Waals surface area contributed by atoms with E-state index in [-0.39, 0.29) is 0 Å². The van der Waals surface area contributed by atoms with Crippen molar-refractivity contribution in [1.29, 1.82) is 0 Å². The van der Waals surface area contributed by atoms with Gasteiger partial charge in [-0.1, -0.05) is 13.8 Å². The summed E-state index contributed by atoms with van der Waals surface area (Å²) in [7, 11) is 4.00. The molecule has 0 radical (unpaired) electrons. The lowest BCUT2D eigenvalue weighted by Gasteiger charge is -2.09. The van der Waals surface area contributed by atoms with Crippen LogP contribution < -0.4 is 10.5 Å². The Bertz CT molecular complexity index is 247. The predicted molar refractivity (Wildman–Crippen MR) is 64.0 cm³/mol. The zero-order chi connectivity index (χ0) is 11.7. The first-order chi connectivity index (χ1) is 7.18. The number of aromatic nitrogens is 1. The predicted octanol–water partition coefficient (Wildman–Crippen LogP) is 1.63. The van der Waals surface area contributed by atoms with Gasteiger partial charge in [-0.25, -0.2) is 4.98 Å². The molecule has 4 nitrogen and oxygen atoms in total. The highest BCUT2D eigenvalue weighted by Gasteiger charge is 1.95. The largest absolute Gasteiger partial charge is 0.476 e. The van der Waals surface area contributed by atoms with E-state index in [2.05, 4.69) is 9.88 Å². The summed E-state index contributed by atoms with van der Waals surface area (Å²) >= 11 is 0. The Hall–Kier alpha value is -1.29. The number of hydrogen-bond donors (Lipinski definition) is 1. The van der Waals surface area contributed by atoms with Crippen molar-refractivity contribution in [1.82, 2.24) is 9.88 Å². The molecule has 0 amide bonds. The molecule has 0 spiro atoms. The zero-order valence-corrected chi connectivity index (χ0v) is 10.0. The molecule has 15 heavy (non-hydrogen) atoms. The molecule has 4 heteroatoms. The van der Waals surface area contributed by atoms with Crippen LogP contribution >= 0.6 is 0 Å². The number of nitrogens with two attached hydrogens (primary N) is 1. The van der Waals surface area contributed by atoms with Crippen molar-refractivity contribution in [2.45, 2.75) is 13.8 Å². The standard InChI is InChI=1S/C9H15N3O.C2H6/c1-12(2)5-6-13-9-4-3-8(10)7-11-9;1-2/h3-4,7H,5-6,10H2,1-2H3;1-2H3. The van der Waals surface area contributed by atoms with Gasteiger partial charge in [0.05, 0.1) is 11.9 Å². The van der Waals surface area contributed by atoms with Crippen molar-refractivity contribution < 1.29 is 4.74 Å². The Morgan fingerprint density at radius 2 is 2.00 bits per heavy atom. The molecule has 0 unspecified atom stereocenters. The van der Waals surface area contributed by atoms with Gasteiger partial charge < -0.3 is 15.4 Å². The molecule has 86 valence electrons. The molecule has 0 aliphatic carbocycles. The van der Waals surface area contributed by atoms with E-state index in [0.29, 0.717) is 18.2 Å². The molecule has 1 aromatic rings. The first-order valence-corrected chi connectivity index (χ1v) is 5.17. The number of hydrogen-bond acceptors (Lipinski definition) is 4. The van der Waals surface area contributed by atoms with Gasteiger partial charge in [-0.15, -0.1) is 0 Å². The highest BCUT2D eigenvalue weighted by Crippen LogP contribution is 2.07. The van der Waals surface area contributed by atoms with E-state index in [1.54, 1.807) is 18.3 Å². The number of nitrogen functional groups attached to an aromatic ring is 1. The number of anilines is 1. The van der Waals surface area contributed by atoms with Gasteiger partial charge in [-0.05, 0) is 20.2 Å². The number of nitrogens with zero attached hydrogens (tertiary/aromatic N) is 2. The van der Waals surface area contributed by atoms with Crippen molar-refractivity contribution in [3.63, 3.8) is 0 Å². The summed E-state index contributed by atoms with van der Waals surface area (Å²) in [6, 6.07) is 3.54. The smallest absolute Gasteiger partial charge is 0.213 e. The molecule has 0 aliphatic rings. The van der Waals surface area contributed by atoms with Crippen LogP contribution in [0.2, 0.25) is 0 Å². The van der Waals surface area contributed by atoms with Crippen LogP contribution in [0.25, 0.3) is 0 Å². The number of rotatable bonds is 4. The van der Waals surface area contributed by atoms with E-state index >= 15 is 0 Å². The summed E-state index contributed by atoms with van der Waals surface area (Å²) in [5.74, 6) is 0.621. The average molecular weight is 211 g/mol. The third-order valence-electron chi connectivity index (χ3n) is 1.55. The summed E-state index contributed by atoms with van der Waals surface area (Å²) in [4.78, 5) is 6.06. The Morgan fingerprint density at radius 3 is 2.47 bits per heavy atom. The zero-order valence-electron chi connectivity index (χ0n) is 10.0. The molecule has 0 atom stereocenters. The summed E-state index contributed by atoms with van der Waals surface area (Å²) in [6.45, 7) is 5.52. The quantitative estimate of drug-likeness (QED) is 0.822. The molecule has 0 saturated heterocycles. The van der Waals surface area contributed by atoms with Gasteiger partial charge >= 0.3 is 0 Å². The van der Waals surface area contributed by atoms with Gasteiger partial charge in [-0.3, -0.25) is 0 Å². The van der Waals surface area contributed by atoms with E-state index < -0.39 is 0 Å². The van der Waals surface area contributed by atoms with E-state index in [1.807, 2.05) is 27.9 Å². The maximum absolute atomic E-state index is 5.48. The third-order valence-corrected chi connectivity index (χ3v) is 1.55. The van der Waals surface area contributed by atoms with Gasteiger partial charge in [0.25, 0.3) is 0 Å². The third kappa shape index (κ3) is 6.74. The molecule has 0 fully saturated rings. The average Bonchev–Trinajstić information content (AvgIpc) is 2.23. The first-order valence-electron chi connectivity index (χ1n) is 5.17. The molecule has 0 saturated carbocycles. The van der Waals surface area contributed by atoms with Crippen LogP contribution in [0, 0.1) is 0 Å².